The quantitative estimate of drug-likeness (QED) is 0.242. The fourth-order valence-corrected chi connectivity index (χ4v) is 6.70. The standard InChI is InChI=1S/C35H41N5O2/c1-4-25-21-24(13-14-28(25)26-15-18-36-19-16-26)23-39-20-17-27-9-7-10-29(34(27)39)31-11-8-12-33(38-31)40-32(5-2)30(22-37-40)35(41)42-6-3/h7-14,21-22,26,36H,4-6,15-20,23H2,1-3H3. The number of piperidine rings is 1. The number of pyridine rings is 1. The zero-order valence-corrected chi connectivity index (χ0v) is 25.0. The third-order valence-corrected chi connectivity index (χ3v) is 8.75. The van der Waals surface area contributed by atoms with E-state index in [9.17, 15) is 4.79 Å². The Morgan fingerprint density at radius 2 is 1.86 bits per heavy atom. The van der Waals surface area contributed by atoms with E-state index in [0.717, 1.165) is 56.0 Å². The van der Waals surface area contributed by atoms with Crippen molar-refractivity contribution in [3.05, 3.63) is 94.3 Å². The highest BCUT2D eigenvalue weighted by atomic mass is 16.5. The summed E-state index contributed by atoms with van der Waals surface area (Å²) in [7, 11) is 0. The van der Waals surface area contributed by atoms with E-state index in [4.69, 9.17) is 9.72 Å². The Labute approximate surface area is 248 Å². The van der Waals surface area contributed by atoms with E-state index in [1.807, 2.05) is 26.0 Å². The van der Waals surface area contributed by atoms with Crippen molar-refractivity contribution in [2.45, 2.75) is 65.3 Å². The number of para-hydroxylation sites is 1. The van der Waals surface area contributed by atoms with Gasteiger partial charge in [0.15, 0.2) is 5.82 Å². The largest absolute Gasteiger partial charge is 0.462 e. The van der Waals surface area contributed by atoms with Crippen LogP contribution in [0.15, 0.2) is 60.8 Å². The first-order chi connectivity index (χ1) is 20.6. The summed E-state index contributed by atoms with van der Waals surface area (Å²) in [6, 6.07) is 19.8. The minimum atomic E-state index is -0.344. The number of nitrogens with one attached hydrogen (secondary N) is 1. The van der Waals surface area contributed by atoms with Crippen LogP contribution in [0, 0.1) is 0 Å². The van der Waals surface area contributed by atoms with E-state index in [0.29, 0.717) is 30.3 Å². The van der Waals surface area contributed by atoms with Gasteiger partial charge in [-0.15, -0.1) is 0 Å². The SMILES string of the molecule is CCOC(=O)c1cnn(-c2cccc(-c3cccc4c3N(Cc3ccc(C5CCNCC5)c(CC)c3)CC4)n2)c1CC. The second kappa shape index (κ2) is 12.5. The number of carbonyl (C=O) groups is 1. The molecule has 2 aliphatic rings. The van der Waals surface area contributed by atoms with Gasteiger partial charge in [-0.05, 0) is 92.4 Å². The number of aryl methyl sites for hydroxylation is 1. The van der Waals surface area contributed by atoms with Crippen molar-refractivity contribution in [2.24, 2.45) is 0 Å². The lowest BCUT2D eigenvalue weighted by Gasteiger charge is -2.26. The summed E-state index contributed by atoms with van der Waals surface area (Å²) >= 11 is 0. The molecule has 1 N–H and O–H groups in total. The smallest absolute Gasteiger partial charge is 0.341 e. The van der Waals surface area contributed by atoms with Crippen LogP contribution in [0.1, 0.15) is 77.8 Å². The molecule has 2 aromatic carbocycles. The number of hydrogen-bond donors (Lipinski definition) is 1. The number of hydrogen-bond acceptors (Lipinski definition) is 6. The van der Waals surface area contributed by atoms with Crippen LogP contribution in [0.2, 0.25) is 0 Å². The molecule has 7 nitrogen and oxygen atoms in total. The molecule has 42 heavy (non-hydrogen) atoms. The summed E-state index contributed by atoms with van der Waals surface area (Å²) in [6.45, 7) is 10.6. The molecular formula is C35H41N5O2. The zero-order valence-electron chi connectivity index (χ0n) is 25.0. The van der Waals surface area contributed by atoms with Crippen molar-refractivity contribution < 1.29 is 9.53 Å². The van der Waals surface area contributed by atoms with E-state index < -0.39 is 0 Å². The number of anilines is 1. The first kappa shape index (κ1) is 28.2. The van der Waals surface area contributed by atoms with Gasteiger partial charge in [-0.1, -0.05) is 56.3 Å². The molecule has 0 aliphatic carbocycles. The van der Waals surface area contributed by atoms with Crippen LogP contribution >= 0.6 is 0 Å². The molecule has 6 rings (SSSR count). The van der Waals surface area contributed by atoms with Gasteiger partial charge in [-0.2, -0.15) is 5.10 Å². The third-order valence-electron chi connectivity index (χ3n) is 8.75. The van der Waals surface area contributed by atoms with Crippen molar-refractivity contribution in [1.29, 1.82) is 0 Å². The lowest BCUT2D eigenvalue weighted by atomic mass is 9.85. The van der Waals surface area contributed by atoms with Gasteiger partial charge in [-0.25, -0.2) is 14.5 Å². The Morgan fingerprint density at radius 3 is 2.64 bits per heavy atom. The van der Waals surface area contributed by atoms with Crippen molar-refractivity contribution in [3.8, 4) is 17.1 Å². The monoisotopic (exact) mass is 563 g/mol. The van der Waals surface area contributed by atoms with Crippen LogP contribution in [0.3, 0.4) is 0 Å². The highest BCUT2D eigenvalue weighted by molar-refractivity contribution is 5.90. The second-order valence-electron chi connectivity index (χ2n) is 11.3. The van der Waals surface area contributed by atoms with Crippen molar-refractivity contribution in [3.63, 3.8) is 0 Å². The van der Waals surface area contributed by atoms with Gasteiger partial charge in [0.1, 0.15) is 5.56 Å². The maximum Gasteiger partial charge on any atom is 0.341 e. The van der Waals surface area contributed by atoms with E-state index in [1.54, 1.807) is 16.4 Å². The van der Waals surface area contributed by atoms with Gasteiger partial charge >= 0.3 is 5.97 Å². The van der Waals surface area contributed by atoms with Crippen molar-refractivity contribution in [2.75, 3.05) is 31.1 Å². The Morgan fingerprint density at radius 1 is 1.02 bits per heavy atom. The summed E-state index contributed by atoms with van der Waals surface area (Å²) < 4.78 is 7.03. The Bertz CT molecular complexity index is 1570. The van der Waals surface area contributed by atoms with E-state index >= 15 is 0 Å². The summed E-state index contributed by atoms with van der Waals surface area (Å²) in [4.78, 5) is 20.1. The molecule has 0 amide bonds. The summed E-state index contributed by atoms with van der Waals surface area (Å²) in [6.07, 6.45) is 6.78. The molecule has 1 fully saturated rings. The Kier molecular flexibility index (Phi) is 8.38. The molecule has 4 heterocycles. The van der Waals surface area contributed by atoms with E-state index in [2.05, 4.69) is 64.7 Å². The molecule has 0 atom stereocenters. The number of benzene rings is 2. The molecule has 4 aromatic rings. The van der Waals surface area contributed by atoms with Gasteiger partial charge in [0.05, 0.1) is 24.2 Å². The number of rotatable bonds is 9. The molecule has 2 aromatic heterocycles. The predicted octanol–water partition coefficient (Wildman–Crippen LogP) is 6.27. The number of nitrogens with zero attached hydrogens (tertiary/aromatic N) is 4. The van der Waals surface area contributed by atoms with Gasteiger partial charge in [0, 0.05) is 24.3 Å². The topological polar surface area (TPSA) is 72.3 Å². The van der Waals surface area contributed by atoms with Crippen LogP contribution in [0.5, 0.6) is 0 Å². The number of esters is 1. The highest BCUT2D eigenvalue weighted by Crippen LogP contribution is 2.39. The Balaban J connectivity index is 1.30. The molecule has 218 valence electrons. The summed E-state index contributed by atoms with van der Waals surface area (Å²) in [5.74, 6) is 1.02. The van der Waals surface area contributed by atoms with E-state index in [1.165, 1.54) is 35.2 Å². The van der Waals surface area contributed by atoms with Gasteiger partial charge in [0.2, 0.25) is 0 Å². The molecule has 0 bridgehead atoms. The average Bonchev–Trinajstić information content (AvgIpc) is 3.66. The average molecular weight is 564 g/mol. The minimum absolute atomic E-state index is 0.332. The van der Waals surface area contributed by atoms with E-state index in [-0.39, 0.29) is 5.97 Å². The molecule has 0 unspecified atom stereocenters. The second-order valence-corrected chi connectivity index (χ2v) is 11.3. The third kappa shape index (κ3) is 5.45. The molecule has 1 saturated heterocycles. The normalized spacial score (nSPS) is 15.2. The summed E-state index contributed by atoms with van der Waals surface area (Å²) in [5.41, 5.74) is 10.4. The van der Waals surface area contributed by atoms with Crippen LogP contribution in [0.25, 0.3) is 17.1 Å². The zero-order chi connectivity index (χ0) is 29.1. The van der Waals surface area contributed by atoms with Gasteiger partial charge < -0.3 is 15.0 Å². The van der Waals surface area contributed by atoms with Crippen molar-refractivity contribution >= 4 is 11.7 Å². The molecule has 0 saturated carbocycles. The van der Waals surface area contributed by atoms with Crippen LogP contribution in [-0.4, -0.2) is 47.0 Å². The van der Waals surface area contributed by atoms with Crippen molar-refractivity contribution in [1.82, 2.24) is 20.1 Å². The van der Waals surface area contributed by atoms with Crippen LogP contribution < -0.4 is 10.2 Å². The first-order valence-corrected chi connectivity index (χ1v) is 15.5. The van der Waals surface area contributed by atoms with Crippen LogP contribution in [-0.2, 0) is 30.5 Å². The molecule has 2 aliphatic heterocycles. The fourth-order valence-electron chi connectivity index (χ4n) is 6.70. The maximum atomic E-state index is 12.5. The molecule has 0 spiro atoms. The van der Waals surface area contributed by atoms with Gasteiger partial charge in [-0.3, -0.25) is 0 Å². The predicted molar refractivity (Wildman–Crippen MR) is 168 cm³/mol. The molecule has 0 radical (unpaired) electrons. The Hall–Kier alpha value is -3.97. The number of fused-ring (bicyclic) bond motifs is 1. The molecule has 7 heteroatoms. The number of ether oxygens (including phenoxy) is 1. The number of aromatic nitrogens is 3. The fraction of sp³-hybridized carbons (Fsp3) is 0.400. The summed E-state index contributed by atoms with van der Waals surface area (Å²) in [5, 5.41) is 8.04. The number of carbonyl (C=O) groups excluding carboxylic acids is 1. The van der Waals surface area contributed by atoms with Crippen LogP contribution in [0.4, 0.5) is 5.69 Å². The highest BCUT2D eigenvalue weighted by Gasteiger charge is 2.25. The minimum Gasteiger partial charge on any atom is -0.462 e. The molecular weight excluding hydrogens is 522 g/mol. The maximum absolute atomic E-state index is 12.5. The van der Waals surface area contributed by atoms with Gasteiger partial charge in [0.25, 0.3) is 0 Å². The lowest BCUT2D eigenvalue weighted by molar-refractivity contribution is 0.0525. The first-order valence-electron chi connectivity index (χ1n) is 15.5. The lowest BCUT2D eigenvalue weighted by Crippen LogP contribution is -2.27.